The third kappa shape index (κ3) is 2.59. The molecule has 0 aliphatic carbocycles. The molecule has 1 unspecified atom stereocenters. The molecule has 4 heteroatoms. The summed E-state index contributed by atoms with van der Waals surface area (Å²) in [5, 5.41) is 0.776. The predicted octanol–water partition coefficient (Wildman–Crippen LogP) is 3.88. The normalized spacial score (nSPS) is 12.7. The number of hydrogen-bond acceptors (Lipinski definition) is 3. The molecule has 0 radical (unpaired) electrons. The Hall–Kier alpha value is -0.870. The van der Waals surface area contributed by atoms with Crippen molar-refractivity contribution < 1.29 is 0 Å². The monoisotopic (exact) mass is 280 g/mol. The van der Waals surface area contributed by atoms with Crippen molar-refractivity contribution in [3.63, 3.8) is 0 Å². The lowest BCUT2D eigenvalue weighted by molar-refractivity contribution is 0.646. The molecule has 1 aromatic heterocycles. The minimum absolute atomic E-state index is 0.000463. The molecule has 0 spiro atoms. The van der Waals surface area contributed by atoms with E-state index < -0.39 is 0 Å². The molecule has 0 aliphatic rings. The Bertz CT molecular complexity index is 543. The summed E-state index contributed by atoms with van der Waals surface area (Å²) >= 11 is 7.94. The predicted molar refractivity (Wildman–Crippen MR) is 79.1 cm³/mol. The standard InChI is InChI=1S/C14H17ClN2S/c1-8-4-5-11(7-12(8)15)14(17-16)13-6-9(2)10(3)18-13/h4-7,14,17H,16H2,1-3H3. The van der Waals surface area contributed by atoms with Gasteiger partial charge in [0.25, 0.3) is 0 Å². The third-order valence-electron chi connectivity index (χ3n) is 3.17. The summed E-state index contributed by atoms with van der Waals surface area (Å²) in [5.41, 5.74) is 6.34. The van der Waals surface area contributed by atoms with Crippen LogP contribution < -0.4 is 11.3 Å². The van der Waals surface area contributed by atoms with Crippen LogP contribution in [-0.4, -0.2) is 0 Å². The van der Waals surface area contributed by atoms with Gasteiger partial charge in [0.15, 0.2) is 0 Å². The lowest BCUT2D eigenvalue weighted by atomic mass is 10.0. The van der Waals surface area contributed by atoms with Crippen LogP contribution >= 0.6 is 22.9 Å². The van der Waals surface area contributed by atoms with Gasteiger partial charge in [0.2, 0.25) is 0 Å². The Balaban J connectivity index is 2.41. The number of thiophene rings is 1. The fourth-order valence-corrected chi connectivity index (χ4v) is 3.20. The number of rotatable bonds is 3. The first-order valence-corrected chi connectivity index (χ1v) is 7.01. The van der Waals surface area contributed by atoms with Crippen LogP contribution in [-0.2, 0) is 0 Å². The van der Waals surface area contributed by atoms with E-state index in [1.54, 1.807) is 11.3 Å². The number of nitrogens with one attached hydrogen (secondary N) is 1. The van der Waals surface area contributed by atoms with Crippen molar-refractivity contribution in [3.8, 4) is 0 Å². The van der Waals surface area contributed by atoms with Crippen LogP contribution in [0, 0.1) is 20.8 Å². The number of hydrogen-bond donors (Lipinski definition) is 2. The first kappa shape index (κ1) is 13.6. The van der Waals surface area contributed by atoms with Gasteiger partial charge in [-0.2, -0.15) is 0 Å². The first-order valence-electron chi connectivity index (χ1n) is 5.82. The molecule has 1 aromatic carbocycles. The second kappa shape index (κ2) is 5.41. The fraction of sp³-hybridized carbons (Fsp3) is 0.286. The van der Waals surface area contributed by atoms with Crippen LogP contribution in [0.5, 0.6) is 0 Å². The highest BCUT2D eigenvalue weighted by Crippen LogP contribution is 2.31. The van der Waals surface area contributed by atoms with Crippen LogP contribution in [0.3, 0.4) is 0 Å². The Kier molecular flexibility index (Phi) is 4.07. The molecule has 2 nitrogen and oxygen atoms in total. The van der Waals surface area contributed by atoms with Crippen molar-refractivity contribution in [1.29, 1.82) is 0 Å². The molecule has 96 valence electrons. The lowest BCUT2D eigenvalue weighted by Gasteiger charge is -2.15. The molecular weight excluding hydrogens is 264 g/mol. The van der Waals surface area contributed by atoms with Gasteiger partial charge < -0.3 is 0 Å². The van der Waals surface area contributed by atoms with Crippen molar-refractivity contribution in [2.45, 2.75) is 26.8 Å². The summed E-state index contributed by atoms with van der Waals surface area (Å²) < 4.78 is 0. The van der Waals surface area contributed by atoms with Crippen molar-refractivity contribution in [3.05, 3.63) is 55.7 Å². The zero-order valence-electron chi connectivity index (χ0n) is 10.8. The van der Waals surface area contributed by atoms with Gasteiger partial charge in [0.05, 0.1) is 6.04 Å². The summed E-state index contributed by atoms with van der Waals surface area (Å²) in [6.07, 6.45) is 0. The minimum atomic E-state index is 0.000463. The van der Waals surface area contributed by atoms with Crippen molar-refractivity contribution >= 4 is 22.9 Å². The molecular formula is C14H17ClN2S. The molecule has 2 rings (SSSR count). The van der Waals surface area contributed by atoms with Crippen LogP contribution in [0.1, 0.15) is 32.5 Å². The summed E-state index contributed by atoms with van der Waals surface area (Å²) in [6.45, 7) is 6.24. The van der Waals surface area contributed by atoms with Gasteiger partial charge in [-0.15, -0.1) is 11.3 Å². The van der Waals surface area contributed by atoms with Gasteiger partial charge >= 0.3 is 0 Å². The highest BCUT2D eigenvalue weighted by Gasteiger charge is 2.16. The van der Waals surface area contributed by atoms with Gasteiger partial charge in [-0.05, 0) is 49.6 Å². The van der Waals surface area contributed by atoms with E-state index in [0.717, 1.165) is 16.1 Å². The van der Waals surface area contributed by atoms with Crippen LogP contribution in [0.25, 0.3) is 0 Å². The number of nitrogens with two attached hydrogens (primary N) is 1. The maximum Gasteiger partial charge on any atom is 0.0803 e. The second-order valence-electron chi connectivity index (χ2n) is 4.50. The molecule has 0 amide bonds. The zero-order chi connectivity index (χ0) is 13.3. The molecule has 1 atom stereocenters. The Morgan fingerprint density at radius 1 is 1.17 bits per heavy atom. The van der Waals surface area contributed by atoms with Gasteiger partial charge in [-0.1, -0.05) is 23.7 Å². The summed E-state index contributed by atoms with van der Waals surface area (Å²) in [6, 6.07) is 8.25. The van der Waals surface area contributed by atoms with Gasteiger partial charge in [-0.3, -0.25) is 5.84 Å². The summed E-state index contributed by atoms with van der Waals surface area (Å²) in [5.74, 6) is 5.70. The average molecular weight is 281 g/mol. The Morgan fingerprint density at radius 3 is 2.39 bits per heavy atom. The second-order valence-corrected chi connectivity index (χ2v) is 6.19. The van der Waals surface area contributed by atoms with Gasteiger partial charge in [-0.25, -0.2) is 5.43 Å². The molecule has 2 aromatic rings. The topological polar surface area (TPSA) is 38.0 Å². The Labute approximate surface area is 117 Å². The maximum absolute atomic E-state index is 6.17. The highest BCUT2D eigenvalue weighted by atomic mass is 35.5. The largest absolute Gasteiger partial charge is 0.271 e. The highest BCUT2D eigenvalue weighted by molar-refractivity contribution is 7.12. The molecule has 0 fully saturated rings. The SMILES string of the molecule is Cc1ccc(C(NN)c2cc(C)c(C)s2)cc1Cl. The molecule has 0 saturated heterocycles. The van der Waals surface area contributed by atoms with Gasteiger partial charge in [0, 0.05) is 14.8 Å². The number of halogens is 1. The molecule has 3 N–H and O–H groups in total. The minimum Gasteiger partial charge on any atom is -0.271 e. The fourth-order valence-electron chi connectivity index (χ4n) is 1.88. The summed E-state index contributed by atoms with van der Waals surface area (Å²) in [7, 11) is 0. The van der Waals surface area contributed by atoms with Gasteiger partial charge in [0.1, 0.15) is 0 Å². The summed E-state index contributed by atoms with van der Waals surface area (Å²) in [4.78, 5) is 2.54. The average Bonchev–Trinajstić information content (AvgIpc) is 2.65. The zero-order valence-corrected chi connectivity index (χ0v) is 12.3. The molecule has 0 aliphatic heterocycles. The number of benzene rings is 1. The molecule has 18 heavy (non-hydrogen) atoms. The van der Waals surface area contributed by atoms with Crippen LogP contribution in [0.2, 0.25) is 5.02 Å². The quantitative estimate of drug-likeness (QED) is 0.661. The van der Waals surface area contributed by atoms with Crippen molar-refractivity contribution in [2.75, 3.05) is 0 Å². The number of hydrazine groups is 1. The number of aryl methyl sites for hydroxylation is 3. The first-order chi connectivity index (χ1) is 8.52. The molecule has 0 bridgehead atoms. The van der Waals surface area contributed by atoms with E-state index in [1.807, 2.05) is 19.1 Å². The maximum atomic E-state index is 6.17. The van der Waals surface area contributed by atoms with E-state index in [4.69, 9.17) is 17.4 Å². The van der Waals surface area contributed by atoms with Crippen LogP contribution in [0.15, 0.2) is 24.3 Å². The lowest BCUT2D eigenvalue weighted by Crippen LogP contribution is -2.28. The van der Waals surface area contributed by atoms with E-state index >= 15 is 0 Å². The third-order valence-corrected chi connectivity index (χ3v) is 4.79. The van der Waals surface area contributed by atoms with Crippen molar-refractivity contribution in [1.82, 2.24) is 5.43 Å². The van der Waals surface area contributed by atoms with Crippen LogP contribution in [0.4, 0.5) is 0 Å². The van der Waals surface area contributed by atoms with E-state index in [1.165, 1.54) is 15.3 Å². The smallest absolute Gasteiger partial charge is 0.0803 e. The molecule has 0 saturated carbocycles. The Morgan fingerprint density at radius 2 is 1.89 bits per heavy atom. The van der Waals surface area contributed by atoms with E-state index in [2.05, 4.69) is 31.4 Å². The van der Waals surface area contributed by atoms with E-state index in [-0.39, 0.29) is 6.04 Å². The van der Waals surface area contributed by atoms with E-state index in [9.17, 15) is 0 Å². The van der Waals surface area contributed by atoms with E-state index in [0.29, 0.717) is 0 Å². The van der Waals surface area contributed by atoms with Crippen molar-refractivity contribution in [2.24, 2.45) is 5.84 Å². The molecule has 1 heterocycles.